The van der Waals surface area contributed by atoms with Gasteiger partial charge in [0, 0.05) is 5.30 Å². The van der Waals surface area contributed by atoms with Crippen LogP contribution in [0.25, 0.3) is 0 Å². The van der Waals surface area contributed by atoms with Crippen LogP contribution in [0.2, 0.25) is 0 Å². The average Bonchev–Trinajstić information content (AvgIpc) is 2.13. The van der Waals surface area contributed by atoms with Gasteiger partial charge in [-0.3, -0.25) is 0 Å². The molecule has 0 aliphatic heterocycles. The molecule has 0 saturated heterocycles. The Labute approximate surface area is 75.5 Å². The van der Waals surface area contributed by atoms with Crippen molar-refractivity contribution < 1.29 is 17.6 Å². The Balaban J connectivity index is 3.56. The van der Waals surface area contributed by atoms with Crippen molar-refractivity contribution >= 4 is 27.2 Å². The molecule has 0 bridgehead atoms. The number of hydrogen-bond acceptors (Lipinski definition) is 0. The van der Waals surface area contributed by atoms with Crippen molar-refractivity contribution in [3.8, 4) is 0 Å². The van der Waals surface area contributed by atoms with Gasteiger partial charge in [-0.05, 0) is 12.1 Å². The normalized spacial score (nSPS) is 11.5. The van der Waals surface area contributed by atoms with Gasteiger partial charge in [-0.1, -0.05) is 8.58 Å². The van der Waals surface area contributed by atoms with Gasteiger partial charge in [0.15, 0.2) is 23.3 Å². The van der Waals surface area contributed by atoms with E-state index in [0.717, 1.165) is 0 Å². The summed E-state index contributed by atoms with van der Waals surface area (Å²) in [7, 11) is 4.82. The first-order valence-electron chi connectivity index (χ1n) is 3.29. The first kappa shape index (κ1) is 10.5. The summed E-state index contributed by atoms with van der Waals surface area (Å²) < 4.78 is 50.6. The van der Waals surface area contributed by atoms with Gasteiger partial charge in [-0.15, -0.1) is 0 Å². The molecule has 0 heterocycles. The molecule has 2 radical (unpaired) electrons. The quantitative estimate of drug-likeness (QED) is 0.211. The summed E-state index contributed by atoms with van der Waals surface area (Å²) in [5.41, 5.74) is -0.655. The van der Waals surface area contributed by atoms with Gasteiger partial charge < -0.3 is 0 Å². The third kappa shape index (κ3) is 1.57. The van der Waals surface area contributed by atoms with Gasteiger partial charge in [0.1, 0.15) is 7.85 Å². The maximum Gasteiger partial charge on any atom is 0.198 e. The van der Waals surface area contributed by atoms with Gasteiger partial charge in [-0.25, -0.2) is 17.6 Å². The molecule has 0 saturated carbocycles. The molecule has 1 aromatic rings. The number of rotatable bonds is 1. The third-order valence-corrected chi connectivity index (χ3v) is 2.54. The van der Waals surface area contributed by atoms with Gasteiger partial charge >= 0.3 is 0 Å². The molecule has 0 N–H and O–H groups in total. The lowest BCUT2D eigenvalue weighted by Gasteiger charge is -2.08. The van der Waals surface area contributed by atoms with Crippen LogP contribution in [0.15, 0.2) is 0 Å². The lowest BCUT2D eigenvalue weighted by Crippen LogP contribution is -2.30. The van der Waals surface area contributed by atoms with Crippen molar-refractivity contribution in [2.75, 3.05) is 6.66 Å². The van der Waals surface area contributed by atoms with Crippen LogP contribution < -0.4 is 10.8 Å². The molecule has 1 atom stereocenters. The molecule has 6 heteroatoms. The molecule has 68 valence electrons. The standard InChI is InChI=1S/C7H4BF4P/c1-13-7-2(8)3(9)4(10)5(11)6(7)12/h13H,1H3. The van der Waals surface area contributed by atoms with Crippen molar-refractivity contribution in [1.82, 2.24) is 0 Å². The van der Waals surface area contributed by atoms with Crippen molar-refractivity contribution in [2.24, 2.45) is 0 Å². The van der Waals surface area contributed by atoms with Crippen LogP contribution in [0.1, 0.15) is 0 Å². The van der Waals surface area contributed by atoms with Crippen LogP contribution in [-0.4, -0.2) is 14.5 Å². The average molecular weight is 206 g/mol. The van der Waals surface area contributed by atoms with E-state index in [2.05, 4.69) is 0 Å². The first-order chi connectivity index (χ1) is 6.00. The summed E-state index contributed by atoms with van der Waals surface area (Å²) in [4.78, 5) is 0. The highest BCUT2D eigenvalue weighted by atomic mass is 31.1. The lowest BCUT2D eigenvalue weighted by molar-refractivity contribution is 0.416. The zero-order valence-electron chi connectivity index (χ0n) is 6.59. The highest BCUT2D eigenvalue weighted by Gasteiger charge is 2.21. The number of hydrogen-bond donors (Lipinski definition) is 0. The molecular weight excluding hydrogens is 202 g/mol. The van der Waals surface area contributed by atoms with Gasteiger partial charge in [0.25, 0.3) is 0 Å². The fourth-order valence-corrected chi connectivity index (χ4v) is 1.60. The Morgan fingerprint density at radius 2 is 1.38 bits per heavy atom. The van der Waals surface area contributed by atoms with E-state index in [9.17, 15) is 17.6 Å². The van der Waals surface area contributed by atoms with E-state index in [4.69, 9.17) is 7.85 Å². The first-order valence-corrected chi connectivity index (χ1v) is 4.79. The predicted octanol–water partition coefficient (Wildman–Crippen LogP) is 0.970. The van der Waals surface area contributed by atoms with Crippen LogP contribution in [-0.2, 0) is 0 Å². The molecule has 0 nitrogen and oxygen atoms in total. The minimum atomic E-state index is -1.86. The van der Waals surface area contributed by atoms with Gasteiger partial charge in [-0.2, -0.15) is 0 Å². The predicted molar refractivity (Wildman–Crippen MR) is 45.5 cm³/mol. The van der Waals surface area contributed by atoms with E-state index >= 15 is 0 Å². The van der Waals surface area contributed by atoms with Crippen molar-refractivity contribution in [3.63, 3.8) is 0 Å². The highest BCUT2D eigenvalue weighted by molar-refractivity contribution is 7.47. The number of benzene rings is 1. The molecule has 0 aromatic heterocycles. The SMILES string of the molecule is [B]c1c(F)c(F)c(F)c(F)c1PC. The van der Waals surface area contributed by atoms with E-state index in [0.29, 0.717) is 0 Å². The van der Waals surface area contributed by atoms with Crippen LogP contribution in [0, 0.1) is 23.3 Å². The van der Waals surface area contributed by atoms with Gasteiger partial charge in [0.05, 0.1) is 0 Å². The molecule has 1 aromatic carbocycles. The Kier molecular flexibility index (Phi) is 2.96. The molecule has 0 aliphatic rings. The number of halogens is 4. The molecule has 0 spiro atoms. The largest absolute Gasteiger partial charge is 0.204 e. The lowest BCUT2D eigenvalue weighted by atomic mass is 9.95. The zero-order chi connectivity index (χ0) is 10.2. The van der Waals surface area contributed by atoms with Crippen LogP contribution >= 0.6 is 8.58 Å². The second-order valence-electron chi connectivity index (χ2n) is 2.29. The van der Waals surface area contributed by atoms with E-state index in [1.807, 2.05) is 0 Å². The monoisotopic (exact) mass is 206 g/mol. The molecule has 13 heavy (non-hydrogen) atoms. The van der Waals surface area contributed by atoms with Gasteiger partial charge in [0.2, 0.25) is 0 Å². The summed E-state index contributed by atoms with van der Waals surface area (Å²) >= 11 is 0. The van der Waals surface area contributed by atoms with Crippen LogP contribution in [0.5, 0.6) is 0 Å². The second-order valence-corrected chi connectivity index (χ2v) is 3.29. The van der Waals surface area contributed by atoms with Crippen molar-refractivity contribution in [2.45, 2.75) is 0 Å². The molecule has 0 amide bonds. The van der Waals surface area contributed by atoms with Crippen LogP contribution in [0.3, 0.4) is 0 Å². The summed E-state index contributed by atoms with van der Waals surface area (Å²) in [5.74, 6) is -6.60. The van der Waals surface area contributed by atoms with E-state index in [1.165, 1.54) is 6.66 Å². The Hall–Kier alpha value is -0.565. The zero-order valence-corrected chi connectivity index (χ0v) is 7.59. The molecule has 0 aliphatic carbocycles. The second kappa shape index (κ2) is 3.66. The fraction of sp³-hybridized carbons (Fsp3) is 0.143. The van der Waals surface area contributed by atoms with Crippen LogP contribution in [0.4, 0.5) is 17.6 Å². The van der Waals surface area contributed by atoms with E-state index in [-0.39, 0.29) is 13.9 Å². The van der Waals surface area contributed by atoms with E-state index < -0.39 is 28.7 Å². The smallest absolute Gasteiger partial charge is 0.198 e. The summed E-state index contributed by atoms with van der Waals surface area (Å²) in [6.07, 6.45) is 0. The van der Waals surface area contributed by atoms with Crippen molar-refractivity contribution in [1.29, 1.82) is 0 Å². The third-order valence-electron chi connectivity index (χ3n) is 1.55. The Bertz CT molecular complexity index is 324. The summed E-state index contributed by atoms with van der Waals surface area (Å²) in [5, 5.41) is -0.309. The molecule has 1 unspecified atom stereocenters. The Morgan fingerprint density at radius 1 is 0.923 bits per heavy atom. The highest BCUT2D eigenvalue weighted by Crippen LogP contribution is 2.15. The van der Waals surface area contributed by atoms with Crippen molar-refractivity contribution in [3.05, 3.63) is 23.3 Å². The van der Waals surface area contributed by atoms with E-state index in [1.54, 1.807) is 0 Å². The summed E-state index contributed by atoms with van der Waals surface area (Å²) in [6, 6.07) is 0. The fourth-order valence-electron chi connectivity index (χ4n) is 0.893. The molecular formula is C7H4BF4P. The summed E-state index contributed by atoms with van der Waals surface area (Å²) in [6.45, 7) is 1.49. The topological polar surface area (TPSA) is 0 Å². The minimum Gasteiger partial charge on any atom is -0.204 e. The minimum absolute atomic E-state index is 0.230. The Morgan fingerprint density at radius 3 is 1.85 bits per heavy atom. The maximum atomic E-state index is 12.8. The molecule has 1 rings (SSSR count). The maximum absolute atomic E-state index is 12.8. The molecule has 0 fully saturated rings.